The van der Waals surface area contributed by atoms with Gasteiger partial charge in [0.15, 0.2) is 0 Å². The minimum atomic E-state index is -0.527. The van der Waals surface area contributed by atoms with E-state index in [1.807, 2.05) is 38.3 Å². The summed E-state index contributed by atoms with van der Waals surface area (Å²) >= 11 is 1.47. The van der Waals surface area contributed by atoms with Gasteiger partial charge in [0.1, 0.15) is 0 Å². The summed E-state index contributed by atoms with van der Waals surface area (Å²) in [5, 5.41) is 7.36. The summed E-state index contributed by atoms with van der Waals surface area (Å²) in [4.78, 5) is 25.3. The van der Waals surface area contributed by atoms with Crippen LogP contribution in [0.2, 0.25) is 0 Å². The van der Waals surface area contributed by atoms with Gasteiger partial charge in [-0.25, -0.2) is 9.59 Å². The van der Waals surface area contributed by atoms with Gasteiger partial charge in [0.25, 0.3) is 0 Å². The van der Waals surface area contributed by atoms with E-state index in [1.165, 1.54) is 11.3 Å². The first-order valence-electron chi connectivity index (χ1n) is 7.47. The third-order valence-corrected chi connectivity index (χ3v) is 4.06. The van der Waals surface area contributed by atoms with Crippen LogP contribution in [-0.2, 0) is 14.3 Å². The third-order valence-electron chi connectivity index (χ3n) is 3.13. The van der Waals surface area contributed by atoms with Gasteiger partial charge in [0.05, 0.1) is 36.1 Å². The Balaban J connectivity index is 2.40. The van der Waals surface area contributed by atoms with Crippen LogP contribution in [0.3, 0.4) is 0 Å². The molecule has 0 aromatic carbocycles. The zero-order valence-electron chi connectivity index (χ0n) is 13.8. The van der Waals surface area contributed by atoms with Crippen LogP contribution < -0.4 is 10.6 Å². The molecule has 23 heavy (non-hydrogen) atoms. The summed E-state index contributed by atoms with van der Waals surface area (Å²) < 4.78 is 10.9. The lowest BCUT2D eigenvalue weighted by Gasteiger charge is -2.30. The van der Waals surface area contributed by atoms with Crippen LogP contribution in [-0.4, -0.2) is 30.8 Å². The molecule has 126 valence electrons. The number of amides is 2. The van der Waals surface area contributed by atoms with Gasteiger partial charge < -0.3 is 20.1 Å². The highest BCUT2D eigenvalue weighted by atomic mass is 32.1. The third kappa shape index (κ3) is 4.56. The molecule has 7 heteroatoms. The second kappa shape index (κ2) is 7.14. The van der Waals surface area contributed by atoms with E-state index in [9.17, 15) is 9.59 Å². The fraction of sp³-hybridized carbons (Fsp3) is 0.500. The number of rotatable bonds is 5. The SMILES string of the molecule is CCOC(=O)C1=C(COC(C)(C)C)NC(=O)NC1c1cccs1. The molecule has 0 aliphatic carbocycles. The Kier molecular flexibility index (Phi) is 5.43. The average molecular weight is 338 g/mol. The molecule has 0 bridgehead atoms. The maximum absolute atomic E-state index is 12.4. The quantitative estimate of drug-likeness (QED) is 0.810. The van der Waals surface area contributed by atoms with E-state index in [0.717, 1.165) is 4.88 Å². The standard InChI is InChI=1S/C16H22N2O4S/c1-5-21-14(19)12-10(9-22-16(2,3)4)17-15(20)18-13(12)11-7-6-8-23-11/h6-8,13H,5,9H2,1-4H3,(H2,17,18,20). The first kappa shape index (κ1) is 17.5. The van der Waals surface area contributed by atoms with Crippen LogP contribution in [0.4, 0.5) is 4.79 Å². The monoisotopic (exact) mass is 338 g/mol. The van der Waals surface area contributed by atoms with E-state index in [1.54, 1.807) is 6.92 Å². The van der Waals surface area contributed by atoms with E-state index in [4.69, 9.17) is 9.47 Å². The Morgan fingerprint density at radius 3 is 2.70 bits per heavy atom. The number of carbonyl (C=O) groups is 2. The van der Waals surface area contributed by atoms with Crippen molar-refractivity contribution in [2.24, 2.45) is 0 Å². The van der Waals surface area contributed by atoms with Gasteiger partial charge in [-0.15, -0.1) is 11.3 Å². The Bertz CT molecular complexity index is 602. The lowest BCUT2D eigenvalue weighted by Crippen LogP contribution is -2.47. The number of hydrogen-bond donors (Lipinski definition) is 2. The number of esters is 1. The van der Waals surface area contributed by atoms with Gasteiger partial charge in [-0.05, 0) is 39.1 Å². The fourth-order valence-corrected chi connectivity index (χ4v) is 2.92. The van der Waals surface area contributed by atoms with E-state index < -0.39 is 12.0 Å². The maximum Gasteiger partial charge on any atom is 0.338 e. The van der Waals surface area contributed by atoms with Gasteiger partial charge >= 0.3 is 12.0 Å². The number of hydrogen-bond acceptors (Lipinski definition) is 5. The Labute approximate surface area is 139 Å². The zero-order chi connectivity index (χ0) is 17.0. The molecule has 6 nitrogen and oxygen atoms in total. The van der Waals surface area contributed by atoms with Crippen LogP contribution in [0.5, 0.6) is 0 Å². The molecule has 2 heterocycles. The first-order valence-corrected chi connectivity index (χ1v) is 8.35. The first-order chi connectivity index (χ1) is 10.8. The molecule has 2 rings (SSSR count). The number of urea groups is 1. The van der Waals surface area contributed by atoms with Crippen molar-refractivity contribution < 1.29 is 19.1 Å². The smallest absolute Gasteiger partial charge is 0.338 e. The van der Waals surface area contributed by atoms with Crippen molar-refractivity contribution in [3.8, 4) is 0 Å². The molecule has 1 aromatic heterocycles. The van der Waals surface area contributed by atoms with Crippen molar-refractivity contribution in [3.05, 3.63) is 33.7 Å². The Hall–Kier alpha value is -1.86. The maximum atomic E-state index is 12.4. The normalized spacial score (nSPS) is 18.4. The topological polar surface area (TPSA) is 76.7 Å². The van der Waals surface area contributed by atoms with Crippen molar-refractivity contribution in [1.29, 1.82) is 0 Å². The molecule has 0 spiro atoms. The van der Waals surface area contributed by atoms with Crippen LogP contribution >= 0.6 is 11.3 Å². The molecule has 1 atom stereocenters. The highest BCUT2D eigenvalue weighted by molar-refractivity contribution is 7.10. The Morgan fingerprint density at radius 1 is 1.39 bits per heavy atom. The zero-order valence-corrected chi connectivity index (χ0v) is 14.6. The minimum absolute atomic E-state index is 0.132. The predicted molar refractivity (Wildman–Crippen MR) is 88.1 cm³/mol. The van der Waals surface area contributed by atoms with E-state index in [-0.39, 0.29) is 24.8 Å². The molecular weight excluding hydrogens is 316 g/mol. The van der Waals surface area contributed by atoms with E-state index in [2.05, 4.69) is 10.6 Å². The van der Waals surface area contributed by atoms with Crippen molar-refractivity contribution in [2.75, 3.05) is 13.2 Å². The average Bonchev–Trinajstić information content (AvgIpc) is 2.97. The molecule has 1 aliphatic rings. The summed E-state index contributed by atoms with van der Waals surface area (Å²) in [6.07, 6.45) is 0. The second-order valence-electron chi connectivity index (χ2n) is 6.06. The lowest BCUT2D eigenvalue weighted by molar-refractivity contribution is -0.139. The second-order valence-corrected chi connectivity index (χ2v) is 7.04. The number of thiophene rings is 1. The van der Waals surface area contributed by atoms with Crippen LogP contribution in [0, 0.1) is 0 Å². The van der Waals surface area contributed by atoms with E-state index in [0.29, 0.717) is 11.3 Å². The van der Waals surface area contributed by atoms with Crippen LogP contribution in [0.25, 0.3) is 0 Å². The molecule has 1 aromatic rings. The van der Waals surface area contributed by atoms with Crippen molar-refractivity contribution in [2.45, 2.75) is 39.3 Å². The lowest BCUT2D eigenvalue weighted by atomic mass is 10.0. The Morgan fingerprint density at radius 2 is 2.13 bits per heavy atom. The number of nitrogens with one attached hydrogen (secondary N) is 2. The summed E-state index contributed by atoms with van der Waals surface area (Å²) in [6, 6.07) is 2.87. The molecule has 2 N–H and O–H groups in total. The molecule has 1 aliphatic heterocycles. The fourth-order valence-electron chi connectivity index (χ4n) is 2.14. The molecule has 2 amide bonds. The largest absolute Gasteiger partial charge is 0.463 e. The van der Waals surface area contributed by atoms with Crippen LogP contribution in [0.1, 0.15) is 38.6 Å². The van der Waals surface area contributed by atoms with Gasteiger partial charge in [-0.1, -0.05) is 6.07 Å². The van der Waals surface area contributed by atoms with Gasteiger partial charge in [0, 0.05) is 4.88 Å². The number of carbonyl (C=O) groups excluding carboxylic acids is 2. The van der Waals surface area contributed by atoms with Crippen molar-refractivity contribution >= 4 is 23.3 Å². The van der Waals surface area contributed by atoms with Crippen LogP contribution in [0.15, 0.2) is 28.8 Å². The van der Waals surface area contributed by atoms with Gasteiger partial charge in [-0.3, -0.25) is 0 Å². The summed E-state index contributed by atoms with van der Waals surface area (Å²) in [6.45, 7) is 7.89. The molecule has 0 saturated heterocycles. The molecule has 0 fully saturated rings. The molecule has 0 saturated carbocycles. The van der Waals surface area contributed by atoms with Gasteiger partial charge in [-0.2, -0.15) is 0 Å². The molecule has 0 radical (unpaired) electrons. The number of ether oxygens (including phenoxy) is 2. The van der Waals surface area contributed by atoms with Crippen molar-refractivity contribution in [3.63, 3.8) is 0 Å². The highest BCUT2D eigenvalue weighted by Crippen LogP contribution is 2.31. The minimum Gasteiger partial charge on any atom is -0.463 e. The summed E-state index contributed by atoms with van der Waals surface area (Å²) in [5.74, 6) is -0.453. The predicted octanol–water partition coefficient (Wildman–Crippen LogP) is 2.73. The highest BCUT2D eigenvalue weighted by Gasteiger charge is 2.34. The van der Waals surface area contributed by atoms with Crippen molar-refractivity contribution in [1.82, 2.24) is 10.6 Å². The summed E-state index contributed by atoms with van der Waals surface area (Å²) in [7, 11) is 0. The molecular formula is C16H22N2O4S. The van der Waals surface area contributed by atoms with Gasteiger partial charge in [0.2, 0.25) is 0 Å². The summed E-state index contributed by atoms with van der Waals surface area (Å²) in [5.41, 5.74) is 0.444. The molecule has 1 unspecified atom stereocenters. The van der Waals surface area contributed by atoms with E-state index >= 15 is 0 Å².